The maximum atomic E-state index is 14.2. The minimum Gasteiger partial charge on any atom is -0.339 e. The number of alkyl halides is 1. The molecule has 1 amide bonds. The van der Waals surface area contributed by atoms with Crippen molar-refractivity contribution < 1.29 is 9.18 Å². The van der Waals surface area contributed by atoms with E-state index in [2.05, 4.69) is 20.4 Å². The Bertz CT molecular complexity index is 1170. The monoisotopic (exact) mass is 394 g/mol. The van der Waals surface area contributed by atoms with Gasteiger partial charge in [-0.15, -0.1) is 0 Å². The van der Waals surface area contributed by atoms with E-state index >= 15 is 0 Å². The summed E-state index contributed by atoms with van der Waals surface area (Å²) >= 11 is 0. The van der Waals surface area contributed by atoms with Gasteiger partial charge in [-0.1, -0.05) is 0 Å². The van der Waals surface area contributed by atoms with Crippen LogP contribution in [0.2, 0.25) is 0 Å². The average molecular weight is 394 g/mol. The van der Waals surface area contributed by atoms with Gasteiger partial charge in [-0.05, 0) is 18.6 Å². The van der Waals surface area contributed by atoms with Crippen LogP contribution in [0.15, 0.2) is 24.8 Å². The van der Waals surface area contributed by atoms with Crippen LogP contribution in [0, 0.1) is 6.92 Å². The van der Waals surface area contributed by atoms with Crippen LogP contribution in [-0.2, 0) is 4.79 Å². The van der Waals surface area contributed by atoms with Crippen LogP contribution in [0.25, 0.3) is 5.65 Å². The molecule has 3 aliphatic carbocycles. The zero-order valence-corrected chi connectivity index (χ0v) is 16.1. The van der Waals surface area contributed by atoms with E-state index in [0.717, 1.165) is 16.9 Å². The molecular formula is C19H19FN8O. The number of halogens is 1. The summed E-state index contributed by atoms with van der Waals surface area (Å²) in [5.74, 6) is 1.05. The zero-order valence-electron chi connectivity index (χ0n) is 16.1. The van der Waals surface area contributed by atoms with E-state index in [4.69, 9.17) is 4.98 Å². The van der Waals surface area contributed by atoms with Crippen LogP contribution < -0.4 is 15.1 Å². The first-order valence-corrected chi connectivity index (χ1v) is 9.53. The van der Waals surface area contributed by atoms with Crippen molar-refractivity contribution in [2.24, 2.45) is 0 Å². The van der Waals surface area contributed by atoms with E-state index in [0.29, 0.717) is 36.7 Å². The minimum atomic E-state index is -1.05. The Kier molecular flexibility index (Phi) is 2.98. The molecule has 1 aliphatic heterocycles. The van der Waals surface area contributed by atoms with Crippen molar-refractivity contribution in [2.75, 3.05) is 28.7 Å². The van der Waals surface area contributed by atoms with Crippen LogP contribution in [0.1, 0.15) is 24.8 Å². The Labute approximate surface area is 165 Å². The maximum Gasteiger partial charge on any atom is 0.246 e. The molecule has 4 heterocycles. The molecule has 0 unspecified atom stereocenters. The number of nitrogens with zero attached hydrogens (tertiary/aromatic N) is 7. The Balaban J connectivity index is 1.38. The highest BCUT2D eigenvalue weighted by atomic mass is 19.1. The number of hydrogen-bond acceptors (Lipinski definition) is 7. The predicted molar refractivity (Wildman–Crippen MR) is 104 cm³/mol. The number of pyridine rings is 1. The Morgan fingerprint density at radius 1 is 1.24 bits per heavy atom. The smallest absolute Gasteiger partial charge is 0.246 e. The fraction of sp³-hybridized carbons (Fsp3) is 0.421. The lowest BCUT2D eigenvalue weighted by Gasteiger charge is -2.70. The number of carbonyl (C=O) groups is 1. The van der Waals surface area contributed by atoms with Gasteiger partial charge in [0.1, 0.15) is 17.7 Å². The molecule has 3 fully saturated rings. The van der Waals surface area contributed by atoms with Crippen molar-refractivity contribution in [3.05, 3.63) is 30.4 Å². The van der Waals surface area contributed by atoms with Gasteiger partial charge in [0.15, 0.2) is 11.5 Å². The van der Waals surface area contributed by atoms with E-state index in [9.17, 15) is 9.18 Å². The molecule has 3 aromatic heterocycles. The minimum absolute atomic E-state index is 0.0353. The first-order chi connectivity index (χ1) is 13.9. The molecule has 3 aromatic rings. The molecule has 7 rings (SSSR count). The molecule has 0 aromatic carbocycles. The number of anilines is 4. The fourth-order valence-electron chi connectivity index (χ4n) is 4.81. The standard InChI is InChI=1S/C19H19FN8O/c1-11-3-14-22-10-23-28(14)5-12(11)24-17-21-4-13-16(25-17)27(6-15(29)26(13)2)19-7-18(20,8-19)9-19/h3-5,10H,6-9H2,1-2H3,(H,21,24,25). The molecule has 0 spiro atoms. The van der Waals surface area contributed by atoms with E-state index in [1.54, 1.807) is 22.7 Å². The van der Waals surface area contributed by atoms with E-state index in [1.807, 2.05) is 24.1 Å². The van der Waals surface area contributed by atoms with Crippen molar-refractivity contribution in [3.63, 3.8) is 0 Å². The molecule has 4 aliphatic rings. The predicted octanol–water partition coefficient (Wildman–Crippen LogP) is 2.00. The highest BCUT2D eigenvalue weighted by Crippen LogP contribution is 2.67. The van der Waals surface area contributed by atoms with Gasteiger partial charge in [-0.3, -0.25) is 4.79 Å². The highest BCUT2D eigenvalue weighted by Gasteiger charge is 2.72. The summed E-state index contributed by atoms with van der Waals surface area (Å²) in [6, 6.07) is 1.93. The van der Waals surface area contributed by atoms with Crippen LogP contribution >= 0.6 is 0 Å². The van der Waals surface area contributed by atoms with Crippen molar-refractivity contribution in [3.8, 4) is 0 Å². The molecular weight excluding hydrogens is 375 g/mol. The number of rotatable bonds is 3. The van der Waals surface area contributed by atoms with Gasteiger partial charge in [-0.25, -0.2) is 18.9 Å². The van der Waals surface area contributed by atoms with Gasteiger partial charge in [-0.2, -0.15) is 10.1 Å². The molecule has 3 saturated carbocycles. The second kappa shape index (κ2) is 5.19. The number of amides is 1. The molecule has 0 atom stereocenters. The third-order valence-electron chi connectivity index (χ3n) is 6.41. The van der Waals surface area contributed by atoms with Gasteiger partial charge in [0, 0.05) is 26.3 Å². The third kappa shape index (κ3) is 2.22. The van der Waals surface area contributed by atoms with Crippen LogP contribution in [0.4, 0.5) is 27.5 Å². The number of fused-ring (bicyclic) bond motifs is 2. The number of hydrogen-bond donors (Lipinski definition) is 1. The highest BCUT2D eigenvalue weighted by molar-refractivity contribution is 6.02. The Hall–Kier alpha value is -3.30. The molecule has 1 N–H and O–H groups in total. The SMILES string of the molecule is Cc1cc2ncnn2cc1Nc1ncc2c(n1)N(C13CC(F)(C1)C3)CC(=O)N2C. The zero-order chi connectivity index (χ0) is 20.0. The van der Waals surface area contributed by atoms with Gasteiger partial charge < -0.3 is 15.1 Å². The molecule has 0 radical (unpaired) electrons. The molecule has 9 nitrogen and oxygen atoms in total. The van der Waals surface area contributed by atoms with Gasteiger partial charge >= 0.3 is 0 Å². The quantitative estimate of drug-likeness (QED) is 0.726. The normalized spacial score (nSPS) is 27.5. The molecule has 0 saturated heterocycles. The van der Waals surface area contributed by atoms with Crippen molar-refractivity contribution in [1.82, 2.24) is 24.6 Å². The average Bonchev–Trinajstić information content (AvgIpc) is 3.09. The first kappa shape index (κ1) is 16.6. The van der Waals surface area contributed by atoms with Crippen molar-refractivity contribution in [2.45, 2.75) is 37.4 Å². The molecule has 10 heteroatoms. The summed E-state index contributed by atoms with van der Waals surface area (Å²) in [4.78, 5) is 29.3. The van der Waals surface area contributed by atoms with Crippen molar-refractivity contribution in [1.29, 1.82) is 0 Å². The van der Waals surface area contributed by atoms with Crippen molar-refractivity contribution >= 4 is 34.7 Å². The largest absolute Gasteiger partial charge is 0.339 e. The number of aromatic nitrogens is 5. The van der Waals surface area contributed by atoms with Gasteiger partial charge in [0.05, 0.1) is 30.2 Å². The summed E-state index contributed by atoms with van der Waals surface area (Å²) in [6.45, 7) is 2.18. The lowest BCUT2D eigenvalue weighted by atomic mass is 9.46. The fourth-order valence-corrected chi connectivity index (χ4v) is 4.81. The van der Waals surface area contributed by atoms with E-state index < -0.39 is 5.67 Å². The van der Waals surface area contributed by atoms with Gasteiger partial charge in [0.2, 0.25) is 11.9 Å². The van der Waals surface area contributed by atoms with Crippen LogP contribution in [0.3, 0.4) is 0 Å². The number of nitrogens with one attached hydrogen (secondary N) is 1. The lowest BCUT2D eigenvalue weighted by Crippen LogP contribution is -2.78. The molecule has 2 bridgehead atoms. The Morgan fingerprint density at radius 3 is 2.79 bits per heavy atom. The number of aryl methyl sites for hydroxylation is 1. The Morgan fingerprint density at radius 2 is 2.03 bits per heavy atom. The van der Waals surface area contributed by atoms with Gasteiger partial charge in [0.25, 0.3) is 0 Å². The third-order valence-corrected chi connectivity index (χ3v) is 6.41. The van der Waals surface area contributed by atoms with Crippen LogP contribution in [-0.4, -0.2) is 55.3 Å². The topological polar surface area (TPSA) is 91.5 Å². The first-order valence-electron chi connectivity index (χ1n) is 9.53. The van der Waals surface area contributed by atoms with Crippen LogP contribution in [0.5, 0.6) is 0 Å². The second-order valence-electron chi connectivity index (χ2n) is 8.40. The summed E-state index contributed by atoms with van der Waals surface area (Å²) < 4.78 is 15.8. The van der Waals surface area contributed by atoms with E-state index in [-0.39, 0.29) is 18.0 Å². The number of likely N-dealkylation sites (N-methyl/N-ethyl adjacent to an activating group) is 1. The summed E-state index contributed by atoms with van der Waals surface area (Å²) in [6.07, 6.45) is 6.37. The number of carbonyl (C=O) groups excluding carboxylic acids is 1. The second-order valence-corrected chi connectivity index (χ2v) is 8.40. The molecule has 148 valence electrons. The lowest BCUT2D eigenvalue weighted by molar-refractivity contribution is -0.155. The summed E-state index contributed by atoms with van der Waals surface area (Å²) in [5, 5.41) is 7.41. The summed E-state index contributed by atoms with van der Waals surface area (Å²) in [7, 11) is 1.72. The molecule has 29 heavy (non-hydrogen) atoms. The summed E-state index contributed by atoms with van der Waals surface area (Å²) in [5.41, 5.74) is 1.85. The maximum absolute atomic E-state index is 14.2. The van der Waals surface area contributed by atoms with E-state index in [1.165, 1.54) is 6.33 Å².